The van der Waals surface area contributed by atoms with Gasteiger partial charge in [0.15, 0.2) is 12.2 Å². The molecule has 0 rings (SSSR count). The third-order valence-corrected chi connectivity index (χ3v) is 21.4. The molecular formula is C83H162O17P2. The predicted octanol–water partition coefficient (Wildman–Crippen LogP) is 25.1. The van der Waals surface area contributed by atoms with E-state index in [-0.39, 0.29) is 25.7 Å². The van der Waals surface area contributed by atoms with Crippen LogP contribution in [0.3, 0.4) is 0 Å². The highest BCUT2D eigenvalue weighted by Gasteiger charge is 2.30. The zero-order chi connectivity index (χ0) is 74.9. The molecule has 5 atom stereocenters. The number of phosphoric acid groups is 2. The van der Waals surface area contributed by atoms with E-state index in [0.717, 1.165) is 102 Å². The number of rotatable bonds is 82. The molecule has 606 valence electrons. The minimum absolute atomic E-state index is 0.107. The van der Waals surface area contributed by atoms with Crippen LogP contribution < -0.4 is 0 Å². The Labute approximate surface area is 626 Å². The van der Waals surface area contributed by atoms with Gasteiger partial charge in [0.25, 0.3) is 0 Å². The molecule has 19 heteroatoms. The quantitative estimate of drug-likeness (QED) is 0.0222. The van der Waals surface area contributed by atoms with Crippen LogP contribution in [0.1, 0.15) is 440 Å². The summed E-state index contributed by atoms with van der Waals surface area (Å²) in [6.45, 7) is 9.65. The second kappa shape index (κ2) is 74.5. The van der Waals surface area contributed by atoms with E-state index in [2.05, 4.69) is 41.5 Å². The highest BCUT2D eigenvalue weighted by Crippen LogP contribution is 2.45. The molecule has 0 aliphatic heterocycles. The second-order valence-corrected chi connectivity index (χ2v) is 33.7. The first-order valence-corrected chi connectivity index (χ1v) is 46.0. The van der Waals surface area contributed by atoms with Crippen LogP contribution in [0.4, 0.5) is 0 Å². The van der Waals surface area contributed by atoms with Gasteiger partial charge in [0.1, 0.15) is 19.3 Å². The van der Waals surface area contributed by atoms with Gasteiger partial charge in [-0.15, -0.1) is 0 Å². The van der Waals surface area contributed by atoms with Gasteiger partial charge in [-0.3, -0.25) is 37.3 Å². The summed E-state index contributed by atoms with van der Waals surface area (Å²) in [6, 6.07) is 0. The summed E-state index contributed by atoms with van der Waals surface area (Å²) in [5, 5.41) is 10.7. The number of hydrogen-bond donors (Lipinski definition) is 3. The molecule has 0 aromatic carbocycles. The lowest BCUT2D eigenvalue weighted by Crippen LogP contribution is -2.30. The average Bonchev–Trinajstić information content (AvgIpc) is 0.917. The van der Waals surface area contributed by atoms with Gasteiger partial charge in [-0.25, -0.2) is 9.13 Å². The van der Waals surface area contributed by atoms with Crippen LogP contribution in [0.5, 0.6) is 0 Å². The molecule has 0 fully saturated rings. The summed E-state index contributed by atoms with van der Waals surface area (Å²) >= 11 is 0. The Kier molecular flexibility index (Phi) is 73.1. The maximum absolute atomic E-state index is 13.1. The lowest BCUT2D eigenvalue weighted by molar-refractivity contribution is -0.161. The molecule has 0 amide bonds. The molecule has 17 nitrogen and oxygen atoms in total. The van der Waals surface area contributed by atoms with Gasteiger partial charge in [-0.2, -0.15) is 0 Å². The summed E-state index contributed by atoms with van der Waals surface area (Å²) in [6.07, 6.45) is 65.2. The molecule has 0 bridgehead atoms. The van der Waals surface area contributed by atoms with Crippen LogP contribution in [0, 0.1) is 11.8 Å². The lowest BCUT2D eigenvalue weighted by Gasteiger charge is -2.21. The van der Waals surface area contributed by atoms with Gasteiger partial charge >= 0.3 is 39.5 Å². The Hall–Kier alpha value is -1.94. The standard InChI is InChI=1S/C83H162O17P2/c1-7-9-11-13-15-17-19-21-22-23-24-25-26-27-28-29-30-36-43-49-55-61-67-82(87)99-78(72-94-81(86)66-60-54-48-42-37-31-33-39-45-51-57-63-75(3)4)73-97-101(89,90)95-69-77(84)70-96-102(91,92)98-74-79(71-93-80(85)65-59-53-47-41-35-20-18-16-14-12-10-8-2)100-83(88)68-62-56-50-44-38-32-34-40-46-52-58-64-76(5)6/h75-79,84H,7-74H2,1-6H3,(H,89,90)(H,91,92)/t77-,78-,79-/m1/s1. The van der Waals surface area contributed by atoms with E-state index in [0.29, 0.717) is 25.7 Å². The summed E-state index contributed by atoms with van der Waals surface area (Å²) < 4.78 is 68.8. The number of unbranched alkanes of at least 4 members (excludes halogenated alkanes) is 52. The van der Waals surface area contributed by atoms with Crippen molar-refractivity contribution in [1.29, 1.82) is 0 Å². The van der Waals surface area contributed by atoms with Crippen LogP contribution in [0.2, 0.25) is 0 Å². The Morgan fingerprint density at radius 2 is 0.451 bits per heavy atom. The molecular weight excluding hydrogens is 1330 g/mol. The average molecular weight is 1490 g/mol. The highest BCUT2D eigenvalue weighted by molar-refractivity contribution is 7.47. The van der Waals surface area contributed by atoms with Crippen LogP contribution in [-0.4, -0.2) is 96.7 Å². The fourth-order valence-corrected chi connectivity index (χ4v) is 14.5. The minimum Gasteiger partial charge on any atom is -0.462 e. The van der Waals surface area contributed by atoms with E-state index in [9.17, 15) is 43.2 Å². The maximum atomic E-state index is 13.1. The van der Waals surface area contributed by atoms with Crippen molar-refractivity contribution in [1.82, 2.24) is 0 Å². The van der Waals surface area contributed by atoms with Crippen LogP contribution in [0.15, 0.2) is 0 Å². The van der Waals surface area contributed by atoms with Crippen molar-refractivity contribution in [2.24, 2.45) is 11.8 Å². The molecule has 0 aromatic rings. The molecule has 0 aliphatic rings. The third-order valence-electron chi connectivity index (χ3n) is 19.5. The van der Waals surface area contributed by atoms with E-state index in [1.54, 1.807) is 0 Å². The van der Waals surface area contributed by atoms with Gasteiger partial charge < -0.3 is 33.8 Å². The number of esters is 4. The molecule has 3 N–H and O–H groups in total. The van der Waals surface area contributed by atoms with Gasteiger partial charge in [-0.05, 0) is 37.5 Å². The first-order chi connectivity index (χ1) is 49.4. The lowest BCUT2D eigenvalue weighted by atomic mass is 10.0. The van der Waals surface area contributed by atoms with Crippen LogP contribution in [0.25, 0.3) is 0 Å². The summed E-state index contributed by atoms with van der Waals surface area (Å²) in [5.41, 5.74) is 0. The van der Waals surface area contributed by atoms with Crippen molar-refractivity contribution in [2.75, 3.05) is 39.6 Å². The number of hydrogen-bond acceptors (Lipinski definition) is 15. The van der Waals surface area contributed by atoms with Gasteiger partial charge in [0.05, 0.1) is 26.4 Å². The zero-order valence-electron chi connectivity index (χ0n) is 66.9. The van der Waals surface area contributed by atoms with Crippen molar-refractivity contribution in [2.45, 2.75) is 458 Å². The van der Waals surface area contributed by atoms with Crippen LogP contribution in [-0.2, 0) is 65.4 Å². The number of carbonyl (C=O) groups is 4. The Morgan fingerprint density at radius 3 is 0.667 bits per heavy atom. The topological polar surface area (TPSA) is 237 Å². The first-order valence-electron chi connectivity index (χ1n) is 43.0. The predicted molar refractivity (Wildman–Crippen MR) is 418 cm³/mol. The fourth-order valence-electron chi connectivity index (χ4n) is 12.9. The number of carbonyl (C=O) groups excluding carboxylic acids is 4. The Morgan fingerprint density at radius 1 is 0.265 bits per heavy atom. The van der Waals surface area contributed by atoms with Crippen molar-refractivity contribution in [3.8, 4) is 0 Å². The minimum atomic E-state index is -4.96. The molecule has 102 heavy (non-hydrogen) atoms. The number of ether oxygens (including phenoxy) is 4. The first kappa shape index (κ1) is 100. The summed E-state index contributed by atoms with van der Waals surface area (Å²) in [5.74, 6) is -0.570. The van der Waals surface area contributed by atoms with Crippen molar-refractivity contribution >= 4 is 39.5 Å². The number of phosphoric ester groups is 2. The van der Waals surface area contributed by atoms with E-state index in [1.807, 2.05) is 0 Å². The van der Waals surface area contributed by atoms with Gasteiger partial charge in [0, 0.05) is 25.7 Å². The third kappa shape index (κ3) is 76.3. The largest absolute Gasteiger partial charge is 0.472 e. The number of aliphatic hydroxyl groups excluding tert-OH is 1. The summed E-state index contributed by atoms with van der Waals surface area (Å²) in [4.78, 5) is 73.1. The molecule has 0 radical (unpaired) electrons. The zero-order valence-corrected chi connectivity index (χ0v) is 68.7. The van der Waals surface area contributed by atoms with Crippen molar-refractivity contribution in [3.05, 3.63) is 0 Å². The van der Waals surface area contributed by atoms with Gasteiger partial charge in [0.2, 0.25) is 0 Å². The SMILES string of the molecule is CCCCCCCCCCCCCCCCCCCCCCCCC(=O)O[C@H](COC(=O)CCCCCCCCCCCCCC(C)C)COP(=O)(O)OC[C@@H](O)COP(=O)(O)OC[C@@H](COC(=O)CCCCCCCCCCCCCC)OC(=O)CCCCCCCCCCCCCC(C)C. The van der Waals surface area contributed by atoms with E-state index in [1.165, 1.54) is 257 Å². The van der Waals surface area contributed by atoms with Crippen molar-refractivity contribution < 1.29 is 80.2 Å². The van der Waals surface area contributed by atoms with E-state index < -0.39 is 97.5 Å². The summed E-state index contributed by atoms with van der Waals surface area (Å²) in [7, 11) is -9.92. The Bertz CT molecular complexity index is 1960. The monoisotopic (exact) mass is 1490 g/mol. The molecule has 2 unspecified atom stereocenters. The fraction of sp³-hybridized carbons (Fsp3) is 0.952. The molecule has 0 aliphatic carbocycles. The number of aliphatic hydroxyl groups is 1. The highest BCUT2D eigenvalue weighted by atomic mass is 31.2. The molecule has 0 heterocycles. The Balaban J connectivity index is 5.22. The normalized spacial score (nSPS) is 13.9. The smallest absolute Gasteiger partial charge is 0.462 e. The molecule has 0 saturated carbocycles. The van der Waals surface area contributed by atoms with E-state index in [4.69, 9.17) is 37.0 Å². The van der Waals surface area contributed by atoms with Crippen molar-refractivity contribution in [3.63, 3.8) is 0 Å². The van der Waals surface area contributed by atoms with Crippen LogP contribution >= 0.6 is 15.6 Å². The molecule has 0 spiro atoms. The maximum Gasteiger partial charge on any atom is 0.472 e. The van der Waals surface area contributed by atoms with Gasteiger partial charge in [-0.1, -0.05) is 388 Å². The van der Waals surface area contributed by atoms with E-state index >= 15 is 0 Å². The molecule has 0 saturated heterocycles. The molecule has 0 aromatic heterocycles. The second-order valence-electron chi connectivity index (χ2n) is 30.8.